The Morgan fingerprint density at radius 1 is 1.23 bits per heavy atom. The van der Waals surface area contributed by atoms with Gasteiger partial charge in [0, 0.05) is 13.1 Å². The van der Waals surface area contributed by atoms with Crippen molar-refractivity contribution in [3.8, 4) is 0 Å². The lowest BCUT2D eigenvalue weighted by atomic mass is 10.1. The van der Waals surface area contributed by atoms with Gasteiger partial charge in [-0.15, -0.1) is 0 Å². The van der Waals surface area contributed by atoms with Gasteiger partial charge in [0.25, 0.3) is 0 Å². The molecule has 1 aromatic rings. The van der Waals surface area contributed by atoms with Crippen molar-refractivity contribution in [2.75, 3.05) is 13.1 Å². The summed E-state index contributed by atoms with van der Waals surface area (Å²) >= 11 is 0. The van der Waals surface area contributed by atoms with Crippen LogP contribution >= 0.6 is 0 Å². The van der Waals surface area contributed by atoms with Crippen molar-refractivity contribution in [1.29, 1.82) is 0 Å². The molecule has 0 saturated carbocycles. The van der Waals surface area contributed by atoms with E-state index in [0.717, 1.165) is 6.54 Å². The predicted octanol–water partition coefficient (Wildman–Crippen LogP) is 1.35. The number of nitrogens with zero attached hydrogens (tertiary/aromatic N) is 1. The smallest absolute Gasteiger partial charge is 0.0233 e. The molecule has 1 aliphatic rings. The fourth-order valence-corrected chi connectivity index (χ4v) is 1.65. The average molecular weight is 176 g/mol. The molecule has 1 aromatic carbocycles. The molecule has 2 rings (SSSR count). The van der Waals surface area contributed by atoms with Crippen LogP contribution in [0.15, 0.2) is 24.3 Å². The highest BCUT2D eigenvalue weighted by Gasteiger charge is 2.13. The van der Waals surface area contributed by atoms with Crippen LogP contribution in [0.5, 0.6) is 0 Å². The Hall–Kier alpha value is -0.860. The van der Waals surface area contributed by atoms with Gasteiger partial charge < -0.3 is 5.73 Å². The maximum absolute atomic E-state index is 5.58. The first-order valence-electron chi connectivity index (χ1n) is 4.89. The first-order chi connectivity index (χ1) is 6.38. The van der Waals surface area contributed by atoms with Gasteiger partial charge in [-0.1, -0.05) is 24.3 Å². The molecule has 0 unspecified atom stereocenters. The molecule has 1 aliphatic heterocycles. The summed E-state index contributed by atoms with van der Waals surface area (Å²) in [7, 11) is 0. The van der Waals surface area contributed by atoms with E-state index in [2.05, 4.69) is 29.2 Å². The minimum absolute atomic E-state index is 0.647. The van der Waals surface area contributed by atoms with Crippen molar-refractivity contribution in [3.05, 3.63) is 35.4 Å². The normalized spacial score (nSPS) is 17.0. The Balaban J connectivity index is 2.01. The Bertz CT molecular complexity index is 279. The molecule has 0 atom stereocenters. The van der Waals surface area contributed by atoms with Gasteiger partial charge in [0.2, 0.25) is 0 Å². The largest absolute Gasteiger partial charge is 0.326 e. The van der Waals surface area contributed by atoms with Crippen molar-refractivity contribution in [1.82, 2.24) is 4.90 Å². The number of nitrogens with two attached hydrogens (primary N) is 1. The molecule has 1 fully saturated rings. The summed E-state index contributed by atoms with van der Waals surface area (Å²) in [6.07, 6.45) is 1.36. The second-order valence-electron chi connectivity index (χ2n) is 3.65. The van der Waals surface area contributed by atoms with E-state index in [0.29, 0.717) is 6.54 Å². The van der Waals surface area contributed by atoms with Crippen LogP contribution in [0.4, 0.5) is 0 Å². The Morgan fingerprint density at radius 3 is 2.62 bits per heavy atom. The molecule has 13 heavy (non-hydrogen) atoms. The summed E-state index contributed by atoms with van der Waals surface area (Å²) in [5, 5.41) is 0. The Morgan fingerprint density at radius 2 is 2.00 bits per heavy atom. The summed E-state index contributed by atoms with van der Waals surface area (Å²) in [5.74, 6) is 0. The fourth-order valence-electron chi connectivity index (χ4n) is 1.65. The van der Waals surface area contributed by atoms with E-state index >= 15 is 0 Å². The van der Waals surface area contributed by atoms with Crippen LogP contribution in [0.1, 0.15) is 17.5 Å². The Labute approximate surface area is 79.4 Å². The maximum Gasteiger partial charge on any atom is 0.0233 e. The van der Waals surface area contributed by atoms with Gasteiger partial charge in [0.15, 0.2) is 0 Å². The SMILES string of the molecule is NCc1cccc(CN2CCC2)c1. The molecule has 0 aliphatic carbocycles. The monoisotopic (exact) mass is 176 g/mol. The van der Waals surface area contributed by atoms with Crippen molar-refractivity contribution >= 4 is 0 Å². The van der Waals surface area contributed by atoms with Crippen LogP contribution in [0.2, 0.25) is 0 Å². The number of rotatable bonds is 3. The molecular formula is C11H16N2. The van der Waals surface area contributed by atoms with Crippen LogP contribution in [-0.2, 0) is 13.1 Å². The fraction of sp³-hybridized carbons (Fsp3) is 0.455. The van der Waals surface area contributed by atoms with Gasteiger partial charge in [0.05, 0.1) is 0 Å². The molecule has 0 bridgehead atoms. The molecule has 0 radical (unpaired) electrons. The maximum atomic E-state index is 5.58. The van der Waals surface area contributed by atoms with Gasteiger partial charge in [-0.3, -0.25) is 4.90 Å². The van der Waals surface area contributed by atoms with Gasteiger partial charge in [0.1, 0.15) is 0 Å². The highest BCUT2D eigenvalue weighted by Crippen LogP contribution is 2.13. The lowest BCUT2D eigenvalue weighted by Gasteiger charge is -2.30. The second-order valence-corrected chi connectivity index (χ2v) is 3.65. The molecule has 1 heterocycles. The van der Waals surface area contributed by atoms with Crippen molar-refractivity contribution in [3.63, 3.8) is 0 Å². The molecular weight excluding hydrogens is 160 g/mol. The first-order valence-corrected chi connectivity index (χ1v) is 4.89. The molecule has 0 spiro atoms. The number of hydrogen-bond acceptors (Lipinski definition) is 2. The Kier molecular flexibility index (Phi) is 2.62. The molecule has 2 N–H and O–H groups in total. The van der Waals surface area contributed by atoms with E-state index in [9.17, 15) is 0 Å². The van der Waals surface area contributed by atoms with Gasteiger partial charge in [-0.25, -0.2) is 0 Å². The number of likely N-dealkylation sites (tertiary alicyclic amines) is 1. The van der Waals surface area contributed by atoms with E-state index in [-0.39, 0.29) is 0 Å². The van der Waals surface area contributed by atoms with Crippen molar-refractivity contribution in [2.24, 2.45) is 5.73 Å². The molecule has 0 amide bonds. The summed E-state index contributed by atoms with van der Waals surface area (Å²) in [6, 6.07) is 8.56. The lowest BCUT2D eigenvalue weighted by Crippen LogP contribution is -2.36. The molecule has 70 valence electrons. The zero-order chi connectivity index (χ0) is 9.10. The predicted molar refractivity (Wildman–Crippen MR) is 54.2 cm³/mol. The average Bonchev–Trinajstić information content (AvgIpc) is 2.12. The standard InChI is InChI=1S/C11H16N2/c12-8-10-3-1-4-11(7-10)9-13-5-2-6-13/h1,3-4,7H,2,5-6,8-9,12H2. The molecule has 2 heteroatoms. The van der Waals surface area contributed by atoms with E-state index in [1.165, 1.54) is 30.6 Å². The summed E-state index contributed by atoms with van der Waals surface area (Å²) in [6.45, 7) is 4.25. The lowest BCUT2D eigenvalue weighted by molar-refractivity contribution is 0.172. The van der Waals surface area contributed by atoms with E-state index < -0.39 is 0 Å². The van der Waals surface area contributed by atoms with Crippen molar-refractivity contribution < 1.29 is 0 Å². The highest BCUT2D eigenvalue weighted by molar-refractivity contribution is 5.23. The summed E-state index contributed by atoms with van der Waals surface area (Å²) in [4.78, 5) is 2.45. The zero-order valence-corrected chi connectivity index (χ0v) is 7.87. The molecule has 2 nitrogen and oxygen atoms in total. The number of benzene rings is 1. The van der Waals surface area contributed by atoms with Gasteiger partial charge >= 0.3 is 0 Å². The third-order valence-corrected chi connectivity index (χ3v) is 2.58. The van der Waals surface area contributed by atoms with E-state index in [1.807, 2.05) is 0 Å². The third kappa shape index (κ3) is 2.08. The number of hydrogen-bond donors (Lipinski definition) is 1. The topological polar surface area (TPSA) is 29.3 Å². The molecule has 0 aromatic heterocycles. The minimum atomic E-state index is 0.647. The van der Waals surface area contributed by atoms with E-state index in [4.69, 9.17) is 5.73 Å². The van der Waals surface area contributed by atoms with E-state index in [1.54, 1.807) is 0 Å². The summed E-state index contributed by atoms with van der Waals surface area (Å²) < 4.78 is 0. The van der Waals surface area contributed by atoms with Crippen LogP contribution < -0.4 is 5.73 Å². The first kappa shape index (κ1) is 8.73. The van der Waals surface area contributed by atoms with Crippen LogP contribution in [0, 0.1) is 0 Å². The van der Waals surface area contributed by atoms with Crippen LogP contribution in [0.25, 0.3) is 0 Å². The van der Waals surface area contributed by atoms with Gasteiger partial charge in [-0.2, -0.15) is 0 Å². The highest BCUT2D eigenvalue weighted by atomic mass is 15.2. The van der Waals surface area contributed by atoms with Crippen LogP contribution in [-0.4, -0.2) is 18.0 Å². The second kappa shape index (κ2) is 3.90. The van der Waals surface area contributed by atoms with Crippen molar-refractivity contribution in [2.45, 2.75) is 19.5 Å². The summed E-state index contributed by atoms with van der Waals surface area (Å²) in [5.41, 5.74) is 8.21. The zero-order valence-electron chi connectivity index (χ0n) is 7.87. The van der Waals surface area contributed by atoms with Gasteiger partial charge in [-0.05, 0) is 30.6 Å². The quantitative estimate of drug-likeness (QED) is 0.753. The third-order valence-electron chi connectivity index (χ3n) is 2.58. The van der Waals surface area contributed by atoms with Crippen LogP contribution in [0.3, 0.4) is 0 Å². The molecule has 1 saturated heterocycles. The minimum Gasteiger partial charge on any atom is -0.326 e.